The van der Waals surface area contributed by atoms with Crippen LogP contribution in [0.4, 0.5) is 11.4 Å². The van der Waals surface area contributed by atoms with Crippen LogP contribution < -0.4 is 11.5 Å². The van der Waals surface area contributed by atoms with E-state index in [1.165, 1.54) is 70.8 Å². The molecule has 4 aromatic heterocycles. The number of nitrogen functional groups attached to an aromatic ring is 2. The molecule has 0 spiro atoms. The average Bonchev–Trinajstić information content (AvgIpc) is 4.05. The molecule has 8 aromatic rings. The van der Waals surface area contributed by atoms with Gasteiger partial charge in [0, 0.05) is 87.1 Å². The average molecular weight is 1140 g/mol. The minimum atomic E-state index is -4.33. The minimum Gasteiger partial charge on any atom is -0.744 e. The van der Waals surface area contributed by atoms with E-state index < -0.39 is 20.2 Å². The molecule has 0 saturated heterocycles. The summed E-state index contributed by atoms with van der Waals surface area (Å²) >= 11 is 0. The Morgan fingerprint density at radius 1 is 0.394 bits per heavy atom. The molecule has 0 aliphatic rings. The Hall–Kier alpha value is -5.62. The van der Waals surface area contributed by atoms with Crippen molar-refractivity contribution in [3.8, 4) is 0 Å². The van der Waals surface area contributed by atoms with E-state index in [1.54, 1.807) is 24.8 Å². The number of nitrogens with zero attached hydrogens (tertiary/aromatic N) is 8. The third kappa shape index (κ3) is 22.5. The van der Waals surface area contributed by atoms with Gasteiger partial charge in [0.25, 0.3) is 0 Å². The number of hydrogen-bond donors (Lipinski definition) is 2. The summed E-state index contributed by atoms with van der Waals surface area (Å²) in [5.41, 5.74) is 16.6. The predicted octanol–water partition coefficient (Wildman–Crippen LogP) is -0.255. The second-order valence-electron chi connectivity index (χ2n) is 12.5. The number of nitrogens with two attached hydrogens (primary N) is 2. The van der Waals surface area contributed by atoms with Crippen LogP contribution in [-0.2, 0) is 91.2 Å². The zero-order chi connectivity index (χ0) is 41.4. The molecule has 0 aliphatic heterocycles. The van der Waals surface area contributed by atoms with Crippen LogP contribution in [0.25, 0.3) is 0 Å². The summed E-state index contributed by atoms with van der Waals surface area (Å²) in [6.45, 7) is 3.41. The summed E-state index contributed by atoms with van der Waals surface area (Å²) in [5.74, 6) is 0. The largest absolute Gasteiger partial charge is 1.00 e. The number of aromatic nitrogens is 8. The Bertz CT molecular complexity index is 2350. The van der Waals surface area contributed by atoms with Gasteiger partial charge in [0.2, 0.25) is 0 Å². The quantitative estimate of drug-likeness (QED) is 0.102. The summed E-state index contributed by atoms with van der Waals surface area (Å²) in [4.78, 5) is 15.8. The van der Waals surface area contributed by atoms with Gasteiger partial charge in [-0.1, -0.05) is 48.5 Å². The molecule has 66 heavy (non-hydrogen) atoms. The van der Waals surface area contributed by atoms with Gasteiger partial charge in [0.1, 0.15) is 20.2 Å². The van der Waals surface area contributed by atoms with E-state index in [0.29, 0.717) is 11.4 Å². The van der Waals surface area contributed by atoms with Crippen molar-refractivity contribution in [2.24, 2.45) is 0 Å². The molecule has 0 fully saturated rings. The van der Waals surface area contributed by atoms with Gasteiger partial charge in [-0.3, -0.25) is 0 Å². The van der Waals surface area contributed by atoms with Crippen LogP contribution in [-0.4, -0.2) is 97.0 Å². The summed E-state index contributed by atoms with van der Waals surface area (Å²) < 4.78 is 70.4. The Morgan fingerprint density at radius 3 is 0.773 bits per heavy atom. The fourth-order valence-electron chi connectivity index (χ4n) is 5.31. The van der Waals surface area contributed by atoms with Crippen LogP contribution in [0.2, 0.25) is 0 Å². The fourth-order valence-corrected chi connectivity index (χ4v) is 6.25. The van der Waals surface area contributed by atoms with Gasteiger partial charge >= 0.3 is 44.8 Å². The minimum absolute atomic E-state index is 0. The first kappa shape index (κ1) is 67.0. The summed E-state index contributed by atoms with van der Waals surface area (Å²) in [6.07, 6.45) is 22.5. The summed E-state index contributed by atoms with van der Waals surface area (Å²) in [6, 6.07) is 27.1. The second-order valence-corrected chi connectivity index (χ2v) is 15.3. The van der Waals surface area contributed by atoms with Gasteiger partial charge < -0.3 is 71.7 Å². The van der Waals surface area contributed by atoms with Gasteiger partial charge in [-0.25, -0.2) is 36.8 Å². The Morgan fingerprint density at radius 2 is 0.606 bits per heavy atom. The van der Waals surface area contributed by atoms with Gasteiger partial charge in [0.15, 0.2) is 0 Å². The fraction of sp³-hybridized carbons (Fsp3) is 0.100. The molecule has 4 aromatic carbocycles. The topological polar surface area (TPSA) is 427 Å². The maximum absolute atomic E-state index is 10.3. The van der Waals surface area contributed by atoms with Gasteiger partial charge in [-0.15, -0.1) is 0 Å². The van der Waals surface area contributed by atoms with Gasteiger partial charge in [-0.2, -0.15) is 0 Å². The first-order chi connectivity index (χ1) is 27.8. The molecule has 0 atom stereocenters. The molecule has 0 unspecified atom stereocenters. The van der Waals surface area contributed by atoms with Crippen LogP contribution in [0.3, 0.4) is 0 Å². The Balaban J connectivity index is -0.000000382. The van der Waals surface area contributed by atoms with Crippen molar-refractivity contribution >= 4 is 31.6 Å². The Kier molecular flexibility index (Phi) is 33.4. The van der Waals surface area contributed by atoms with Crippen LogP contribution >= 0.6 is 0 Å². The maximum Gasteiger partial charge on any atom is 1.00 e. The molecular formula is C40H52Ag2N10O12S2. The molecule has 0 bridgehead atoms. The van der Waals surface area contributed by atoms with E-state index in [1.807, 2.05) is 50.1 Å². The van der Waals surface area contributed by atoms with E-state index in [0.717, 1.165) is 26.2 Å². The molecule has 26 heteroatoms. The molecular weight excluding hydrogens is 1090 g/mol. The van der Waals surface area contributed by atoms with Crippen molar-refractivity contribution in [2.75, 3.05) is 11.5 Å². The van der Waals surface area contributed by atoms with E-state index in [4.69, 9.17) is 11.5 Å². The number of rotatable bonds is 10. The molecule has 4 heterocycles. The molecule has 0 radical (unpaired) electrons. The van der Waals surface area contributed by atoms with E-state index >= 15 is 0 Å². The third-order valence-corrected chi connectivity index (χ3v) is 9.92. The molecule has 0 saturated carbocycles. The molecule has 0 amide bonds. The first-order valence-corrected chi connectivity index (χ1v) is 20.2. The van der Waals surface area contributed by atoms with Crippen molar-refractivity contribution in [3.63, 3.8) is 0 Å². The Labute approximate surface area is 412 Å². The van der Waals surface area contributed by atoms with Crippen molar-refractivity contribution in [1.82, 2.24) is 38.2 Å². The van der Waals surface area contributed by atoms with Gasteiger partial charge in [-0.05, 0) is 70.8 Å². The summed E-state index contributed by atoms with van der Waals surface area (Å²) in [7, 11) is -8.65. The second kappa shape index (κ2) is 32.9. The normalized spacial score (nSPS) is 9.61. The van der Waals surface area contributed by atoms with E-state index in [-0.39, 0.29) is 87.4 Å². The number of anilines is 2. The van der Waals surface area contributed by atoms with Crippen LogP contribution in [0.15, 0.2) is 182 Å². The van der Waals surface area contributed by atoms with E-state index in [9.17, 15) is 25.9 Å². The van der Waals surface area contributed by atoms with Crippen LogP contribution in [0.5, 0.6) is 0 Å². The molecule has 22 nitrogen and oxygen atoms in total. The molecule has 8 rings (SSSR count). The smallest absolute Gasteiger partial charge is 0.744 e. The number of imidazole rings is 4. The third-order valence-electron chi connectivity index (χ3n) is 8.22. The van der Waals surface area contributed by atoms with Crippen LogP contribution in [0.1, 0.15) is 22.3 Å². The van der Waals surface area contributed by atoms with Crippen molar-refractivity contribution < 1.29 is 104 Å². The zero-order valence-corrected chi connectivity index (χ0v) is 39.2. The van der Waals surface area contributed by atoms with Crippen LogP contribution in [0, 0.1) is 0 Å². The maximum atomic E-state index is 10.3. The zero-order valence-electron chi connectivity index (χ0n) is 34.6. The van der Waals surface area contributed by atoms with Gasteiger partial charge in [0.05, 0.1) is 35.1 Å². The number of hydrogen-bond acceptors (Lipinski definition) is 12. The molecule has 16 N–H and O–H groups in total. The first-order valence-electron chi connectivity index (χ1n) is 17.4. The molecule has 0 aliphatic carbocycles. The van der Waals surface area contributed by atoms with Crippen molar-refractivity contribution in [1.29, 1.82) is 0 Å². The van der Waals surface area contributed by atoms with Crippen molar-refractivity contribution in [2.45, 2.75) is 36.0 Å². The van der Waals surface area contributed by atoms with Crippen molar-refractivity contribution in [3.05, 3.63) is 194 Å². The monoisotopic (exact) mass is 1140 g/mol. The SMILES string of the molecule is Nc1ccc(S(=O)(=O)[O-])cc1.Nc1ccc(S(=O)(=O)[O-])cc1.O.O.O.O.O.O.[Ag+].[Ag+].c1ccc(Cn2ccnc2)c(Cn2ccnc2)c1.c1ccc(Cn2ccnc2)c(Cn2ccnc2)c1. The predicted molar refractivity (Wildman–Crippen MR) is 238 cm³/mol. The summed E-state index contributed by atoms with van der Waals surface area (Å²) in [5, 5.41) is 0. The number of benzene rings is 4. The molecule has 368 valence electrons. The van der Waals surface area contributed by atoms with E-state index in [2.05, 4.69) is 86.7 Å². The standard InChI is InChI=1S/2C14H14N4.2C6H7NO3S.2Ag.6H2O/c2*1-2-4-14(10-18-8-6-16-12-18)13(3-1)9-17-7-5-15-11-17;2*7-5-1-3-6(4-2-5)11(8,9)10;;;;;;;;/h2*1-8,11-12H,9-10H2;2*1-4H,7H2,(H,8,9,10);;;6*1H2/q;;;;2*+1;;;;;;/p-2.